The minimum atomic E-state index is -0.862. The van der Waals surface area contributed by atoms with Gasteiger partial charge in [0, 0.05) is 42.9 Å². The van der Waals surface area contributed by atoms with E-state index in [1.54, 1.807) is 17.3 Å². The second kappa shape index (κ2) is 5.34. The van der Waals surface area contributed by atoms with E-state index in [0.29, 0.717) is 13.0 Å². The van der Waals surface area contributed by atoms with Crippen LogP contribution in [0.1, 0.15) is 45.6 Å². The molecule has 6 nitrogen and oxygen atoms in total. The summed E-state index contributed by atoms with van der Waals surface area (Å²) in [4.78, 5) is 18.0. The molecule has 2 aliphatic heterocycles. The number of likely N-dealkylation sites (tertiary alicyclic amines) is 1. The molecule has 1 saturated heterocycles. The number of carbonyl (C=O) groups excluding carboxylic acids is 1. The van der Waals surface area contributed by atoms with Crippen LogP contribution in [0.2, 0.25) is 0 Å². The van der Waals surface area contributed by atoms with Gasteiger partial charge in [0.25, 0.3) is 0 Å². The van der Waals surface area contributed by atoms with Crippen molar-refractivity contribution in [1.29, 1.82) is 0 Å². The number of aliphatic hydroxyl groups is 1. The second-order valence-electron chi connectivity index (χ2n) is 8.84. The van der Waals surface area contributed by atoms with Gasteiger partial charge in [-0.1, -0.05) is 0 Å². The van der Waals surface area contributed by atoms with Crippen LogP contribution < -0.4 is 4.74 Å². The fourth-order valence-corrected chi connectivity index (χ4v) is 4.51. The quantitative estimate of drug-likeness (QED) is 0.846. The standard InChI is InChI=1S/C19H26N2O4/c1-17(2,3)25-16(22)21-11-18(12-21)8-13(9-18)19(23)5-7-24-15-4-6-20-10-14(15)19/h4,6,10,13,23H,5,7-9,11-12H2,1-3H3. The molecule has 2 fully saturated rings. The molecule has 6 heteroatoms. The lowest BCUT2D eigenvalue weighted by atomic mass is 9.52. The average Bonchev–Trinajstić information content (AvgIpc) is 2.43. The van der Waals surface area contributed by atoms with Crippen molar-refractivity contribution in [3.63, 3.8) is 0 Å². The third kappa shape index (κ3) is 2.76. The van der Waals surface area contributed by atoms with Crippen molar-refractivity contribution in [2.45, 2.75) is 51.2 Å². The van der Waals surface area contributed by atoms with Gasteiger partial charge in [0.05, 0.1) is 6.61 Å². The molecule has 1 aliphatic carbocycles. The van der Waals surface area contributed by atoms with Crippen molar-refractivity contribution >= 4 is 6.09 Å². The van der Waals surface area contributed by atoms with E-state index in [4.69, 9.17) is 9.47 Å². The highest BCUT2D eigenvalue weighted by atomic mass is 16.6. The lowest BCUT2D eigenvalue weighted by Crippen LogP contribution is -2.66. The summed E-state index contributed by atoms with van der Waals surface area (Å²) >= 11 is 0. The van der Waals surface area contributed by atoms with E-state index in [2.05, 4.69) is 4.98 Å². The molecule has 1 atom stereocenters. The highest BCUT2D eigenvalue weighted by Gasteiger charge is 2.60. The van der Waals surface area contributed by atoms with Gasteiger partial charge in [-0.05, 0) is 45.6 Å². The Hall–Kier alpha value is -1.82. The Morgan fingerprint density at radius 1 is 1.40 bits per heavy atom. The largest absolute Gasteiger partial charge is 0.493 e. The summed E-state index contributed by atoms with van der Waals surface area (Å²) in [5.41, 5.74) is -0.364. The zero-order valence-corrected chi connectivity index (χ0v) is 15.1. The normalized spacial score (nSPS) is 27.8. The first-order valence-electron chi connectivity index (χ1n) is 8.98. The lowest BCUT2D eigenvalue weighted by molar-refractivity contribution is -0.171. The number of rotatable bonds is 1. The highest BCUT2D eigenvalue weighted by Crippen LogP contribution is 2.59. The summed E-state index contributed by atoms with van der Waals surface area (Å²) < 4.78 is 11.1. The lowest BCUT2D eigenvalue weighted by Gasteiger charge is -2.62. The maximum atomic E-state index is 12.1. The van der Waals surface area contributed by atoms with Crippen molar-refractivity contribution in [2.24, 2.45) is 11.3 Å². The maximum Gasteiger partial charge on any atom is 0.410 e. The number of carbonyl (C=O) groups is 1. The van der Waals surface area contributed by atoms with E-state index in [1.165, 1.54) is 0 Å². The zero-order chi connectivity index (χ0) is 17.9. The van der Waals surface area contributed by atoms with Crippen LogP contribution in [0.4, 0.5) is 4.79 Å². The number of amides is 1. The number of fused-ring (bicyclic) bond motifs is 1. The molecule has 3 heterocycles. The van der Waals surface area contributed by atoms with Gasteiger partial charge in [-0.3, -0.25) is 4.98 Å². The maximum absolute atomic E-state index is 12.1. The van der Waals surface area contributed by atoms with Gasteiger partial charge in [-0.25, -0.2) is 4.79 Å². The van der Waals surface area contributed by atoms with E-state index < -0.39 is 11.2 Å². The molecule has 4 rings (SSSR count). The molecule has 1 aromatic rings. The van der Waals surface area contributed by atoms with Gasteiger partial charge >= 0.3 is 6.09 Å². The number of pyridine rings is 1. The topological polar surface area (TPSA) is 71.9 Å². The Morgan fingerprint density at radius 2 is 2.12 bits per heavy atom. The molecule has 0 bridgehead atoms. The van der Waals surface area contributed by atoms with Crippen molar-refractivity contribution in [2.75, 3.05) is 19.7 Å². The highest BCUT2D eigenvalue weighted by molar-refractivity contribution is 5.69. The van der Waals surface area contributed by atoms with Crippen LogP contribution in [0.5, 0.6) is 5.75 Å². The summed E-state index contributed by atoms with van der Waals surface area (Å²) in [5.74, 6) is 0.939. The molecule has 136 valence electrons. The predicted molar refractivity (Wildman–Crippen MR) is 91.2 cm³/mol. The molecule has 1 amide bonds. The molecule has 1 aromatic heterocycles. The predicted octanol–water partition coefficient (Wildman–Crippen LogP) is 2.70. The van der Waals surface area contributed by atoms with Gasteiger partial charge in [0.1, 0.15) is 17.0 Å². The van der Waals surface area contributed by atoms with Crippen LogP contribution in [-0.4, -0.2) is 46.4 Å². The third-order valence-electron chi connectivity index (χ3n) is 5.73. The summed E-state index contributed by atoms with van der Waals surface area (Å²) in [7, 11) is 0. The van der Waals surface area contributed by atoms with Crippen LogP contribution >= 0.6 is 0 Å². The van der Waals surface area contributed by atoms with E-state index in [9.17, 15) is 9.90 Å². The van der Waals surface area contributed by atoms with Crippen LogP contribution in [0.15, 0.2) is 18.5 Å². The number of aromatic nitrogens is 1. The Labute approximate surface area is 148 Å². The fraction of sp³-hybridized carbons (Fsp3) is 0.684. The third-order valence-corrected chi connectivity index (χ3v) is 5.73. The van der Waals surface area contributed by atoms with E-state index >= 15 is 0 Å². The first-order valence-corrected chi connectivity index (χ1v) is 8.98. The van der Waals surface area contributed by atoms with Gasteiger partial charge in [0.2, 0.25) is 0 Å². The Bertz CT molecular complexity index is 685. The van der Waals surface area contributed by atoms with Crippen LogP contribution in [0.25, 0.3) is 0 Å². The smallest absolute Gasteiger partial charge is 0.410 e. The molecule has 1 saturated carbocycles. The van der Waals surface area contributed by atoms with Crippen molar-refractivity contribution < 1.29 is 19.4 Å². The zero-order valence-electron chi connectivity index (χ0n) is 15.1. The van der Waals surface area contributed by atoms with E-state index in [1.807, 2.05) is 26.8 Å². The molecule has 25 heavy (non-hydrogen) atoms. The van der Waals surface area contributed by atoms with Crippen molar-refractivity contribution in [3.8, 4) is 5.75 Å². The van der Waals surface area contributed by atoms with Crippen LogP contribution in [0.3, 0.4) is 0 Å². The molecule has 1 unspecified atom stereocenters. The first-order chi connectivity index (χ1) is 11.7. The Kier molecular flexibility index (Phi) is 3.55. The van der Waals surface area contributed by atoms with Crippen molar-refractivity contribution in [3.05, 3.63) is 24.0 Å². The molecule has 1 spiro atoms. The summed E-state index contributed by atoms with van der Waals surface area (Å²) in [6.45, 7) is 7.63. The number of hydrogen-bond acceptors (Lipinski definition) is 5. The minimum Gasteiger partial charge on any atom is -0.493 e. The number of hydrogen-bond donors (Lipinski definition) is 1. The second-order valence-corrected chi connectivity index (χ2v) is 8.84. The monoisotopic (exact) mass is 346 g/mol. The van der Waals surface area contributed by atoms with Crippen LogP contribution in [0, 0.1) is 11.3 Å². The molecule has 3 aliphatic rings. The summed E-state index contributed by atoms with van der Waals surface area (Å²) in [5, 5.41) is 11.3. The number of ether oxygens (including phenoxy) is 2. The molecular formula is C19H26N2O4. The molecular weight excluding hydrogens is 320 g/mol. The van der Waals surface area contributed by atoms with Gasteiger partial charge in [-0.15, -0.1) is 0 Å². The van der Waals surface area contributed by atoms with Gasteiger partial charge in [0.15, 0.2) is 0 Å². The van der Waals surface area contributed by atoms with Crippen molar-refractivity contribution in [1.82, 2.24) is 9.88 Å². The summed E-state index contributed by atoms with van der Waals surface area (Å²) in [6, 6.07) is 1.82. The summed E-state index contributed by atoms with van der Waals surface area (Å²) in [6.07, 6.45) is 5.64. The fourth-order valence-electron chi connectivity index (χ4n) is 4.51. The average molecular weight is 346 g/mol. The van der Waals surface area contributed by atoms with Gasteiger partial charge in [-0.2, -0.15) is 0 Å². The minimum absolute atomic E-state index is 0.151. The van der Waals surface area contributed by atoms with E-state index in [0.717, 1.165) is 37.2 Å². The molecule has 1 N–H and O–H groups in total. The first kappa shape index (κ1) is 16.6. The van der Waals surface area contributed by atoms with E-state index in [-0.39, 0.29) is 17.4 Å². The van der Waals surface area contributed by atoms with Gasteiger partial charge < -0.3 is 19.5 Å². The molecule has 0 aromatic carbocycles. The number of nitrogens with zero attached hydrogens (tertiary/aromatic N) is 2. The van der Waals surface area contributed by atoms with Crippen LogP contribution in [-0.2, 0) is 10.3 Å². The molecule has 0 radical (unpaired) electrons. The Balaban J connectivity index is 1.39. The SMILES string of the molecule is CC(C)(C)OC(=O)N1CC2(CC(C3(O)CCOc4ccncc43)C2)C1. The Morgan fingerprint density at radius 3 is 2.80 bits per heavy atom.